The molecule has 6 heteroatoms. The normalized spacial score (nSPS) is 15.9. The van der Waals surface area contributed by atoms with Crippen LogP contribution in [0.15, 0.2) is 24.3 Å². The maximum Gasteiger partial charge on any atom is 0.317 e. The second-order valence-corrected chi connectivity index (χ2v) is 7.54. The van der Waals surface area contributed by atoms with Crippen molar-refractivity contribution in [3.63, 3.8) is 0 Å². The molecule has 1 aromatic carbocycles. The summed E-state index contributed by atoms with van der Waals surface area (Å²) >= 11 is 0. The first-order chi connectivity index (χ1) is 11.7. The van der Waals surface area contributed by atoms with Gasteiger partial charge < -0.3 is 10.2 Å². The van der Waals surface area contributed by atoms with E-state index >= 15 is 0 Å². The van der Waals surface area contributed by atoms with Gasteiger partial charge in [0, 0.05) is 43.7 Å². The monoisotopic (exact) mass is 349 g/mol. The number of nitrogens with zero attached hydrogens (tertiary/aromatic N) is 2. The molecule has 0 atom stereocenters. The Balaban J connectivity index is 1.68. The molecule has 5 nitrogen and oxygen atoms in total. The van der Waals surface area contributed by atoms with Crippen LogP contribution in [-0.4, -0.2) is 59.9 Å². The molecule has 0 aliphatic carbocycles. The zero-order valence-electron chi connectivity index (χ0n) is 15.3. The van der Waals surface area contributed by atoms with Crippen LogP contribution in [0.2, 0.25) is 0 Å². The first-order valence-electron chi connectivity index (χ1n) is 8.83. The highest BCUT2D eigenvalue weighted by molar-refractivity contribution is 5.95. The van der Waals surface area contributed by atoms with Crippen LogP contribution < -0.4 is 5.32 Å². The largest absolute Gasteiger partial charge is 0.333 e. The highest BCUT2D eigenvalue weighted by atomic mass is 19.1. The Kier molecular flexibility index (Phi) is 6.53. The quantitative estimate of drug-likeness (QED) is 0.832. The van der Waals surface area contributed by atoms with E-state index in [1.165, 1.54) is 24.3 Å². The molecule has 138 valence electrons. The number of rotatable bonds is 5. The number of halogens is 1. The number of Topliss-reactive ketones (excluding diaryl/α,β-unsaturated/α-hetero) is 1. The Bertz CT molecular complexity index is 588. The lowest BCUT2D eigenvalue weighted by atomic mass is 10.1. The first-order valence-corrected chi connectivity index (χ1v) is 8.83. The van der Waals surface area contributed by atoms with E-state index in [0.29, 0.717) is 25.1 Å². The molecule has 0 radical (unpaired) electrons. The average Bonchev–Trinajstić information content (AvgIpc) is 2.54. The highest BCUT2D eigenvalue weighted by Crippen LogP contribution is 2.10. The summed E-state index contributed by atoms with van der Waals surface area (Å²) in [6.07, 6.45) is 1.22. The molecule has 1 aromatic rings. The number of piperazine rings is 1. The lowest BCUT2D eigenvalue weighted by Crippen LogP contribution is -2.55. The van der Waals surface area contributed by atoms with Crippen LogP contribution in [-0.2, 0) is 0 Å². The molecule has 25 heavy (non-hydrogen) atoms. The van der Waals surface area contributed by atoms with E-state index in [9.17, 15) is 14.0 Å². The van der Waals surface area contributed by atoms with E-state index in [2.05, 4.69) is 10.2 Å². The molecule has 0 spiro atoms. The molecule has 0 unspecified atom stereocenters. The summed E-state index contributed by atoms with van der Waals surface area (Å²) < 4.78 is 12.9. The number of carbonyl (C=O) groups excluding carboxylic acids is 2. The maximum atomic E-state index is 12.9. The number of ketones is 1. The van der Waals surface area contributed by atoms with Gasteiger partial charge in [-0.25, -0.2) is 9.18 Å². The van der Waals surface area contributed by atoms with Crippen molar-refractivity contribution < 1.29 is 14.0 Å². The Morgan fingerprint density at radius 1 is 1.08 bits per heavy atom. The number of hydrogen-bond donors (Lipinski definition) is 1. The van der Waals surface area contributed by atoms with E-state index in [-0.39, 0.29) is 23.2 Å². The van der Waals surface area contributed by atoms with E-state index in [0.717, 1.165) is 26.1 Å². The summed E-state index contributed by atoms with van der Waals surface area (Å²) in [6.45, 7) is 9.80. The molecule has 1 N–H and O–H groups in total. The van der Waals surface area contributed by atoms with Crippen molar-refractivity contribution in [3.05, 3.63) is 35.6 Å². The summed E-state index contributed by atoms with van der Waals surface area (Å²) in [5.74, 6) is -0.284. The van der Waals surface area contributed by atoms with Gasteiger partial charge >= 0.3 is 6.03 Å². The Morgan fingerprint density at radius 2 is 1.68 bits per heavy atom. The highest BCUT2D eigenvalue weighted by Gasteiger charge is 2.23. The molecule has 2 amide bonds. The van der Waals surface area contributed by atoms with Crippen molar-refractivity contribution in [1.82, 2.24) is 15.1 Å². The number of nitrogens with one attached hydrogen (secondary N) is 1. The smallest absolute Gasteiger partial charge is 0.317 e. The Morgan fingerprint density at radius 3 is 2.24 bits per heavy atom. The summed E-state index contributed by atoms with van der Waals surface area (Å²) in [5, 5.41) is 2.98. The Labute approximate surface area is 149 Å². The van der Waals surface area contributed by atoms with Gasteiger partial charge in [-0.2, -0.15) is 0 Å². The summed E-state index contributed by atoms with van der Waals surface area (Å²) in [7, 11) is 0. The van der Waals surface area contributed by atoms with Gasteiger partial charge in [0.2, 0.25) is 0 Å². The van der Waals surface area contributed by atoms with Gasteiger partial charge in [0.15, 0.2) is 5.78 Å². The fourth-order valence-corrected chi connectivity index (χ4v) is 2.82. The predicted octanol–water partition coefficient (Wildman–Crippen LogP) is 2.91. The van der Waals surface area contributed by atoms with Gasteiger partial charge in [0.1, 0.15) is 5.82 Å². The molecule has 1 aliphatic heterocycles. The second-order valence-electron chi connectivity index (χ2n) is 7.54. The van der Waals surface area contributed by atoms with Gasteiger partial charge in [0.05, 0.1) is 0 Å². The SMILES string of the molecule is CC(C)(C)NC(=O)N1CCN(CCCC(=O)c2ccc(F)cc2)CC1. The lowest BCUT2D eigenvalue weighted by molar-refractivity contribution is 0.0967. The molecule has 0 saturated carbocycles. The fourth-order valence-electron chi connectivity index (χ4n) is 2.82. The van der Waals surface area contributed by atoms with Gasteiger partial charge in [-0.05, 0) is 58.0 Å². The van der Waals surface area contributed by atoms with Gasteiger partial charge in [0.25, 0.3) is 0 Å². The topological polar surface area (TPSA) is 52.7 Å². The van der Waals surface area contributed by atoms with E-state index in [1.807, 2.05) is 25.7 Å². The lowest BCUT2D eigenvalue weighted by Gasteiger charge is -2.36. The van der Waals surface area contributed by atoms with Crippen molar-refractivity contribution in [1.29, 1.82) is 0 Å². The average molecular weight is 349 g/mol. The minimum atomic E-state index is -0.329. The Hall–Kier alpha value is -1.95. The van der Waals surface area contributed by atoms with Crippen LogP contribution in [0.3, 0.4) is 0 Å². The van der Waals surface area contributed by atoms with Crippen LogP contribution in [0.1, 0.15) is 44.0 Å². The van der Waals surface area contributed by atoms with Crippen molar-refractivity contribution in [2.75, 3.05) is 32.7 Å². The third kappa shape index (κ3) is 6.46. The molecule has 1 saturated heterocycles. The van der Waals surface area contributed by atoms with Crippen molar-refractivity contribution in [2.45, 2.75) is 39.2 Å². The van der Waals surface area contributed by atoms with Gasteiger partial charge in [-0.1, -0.05) is 0 Å². The van der Waals surface area contributed by atoms with E-state index in [1.54, 1.807) is 0 Å². The summed E-state index contributed by atoms with van der Waals surface area (Å²) in [6, 6.07) is 5.68. The van der Waals surface area contributed by atoms with Gasteiger partial charge in [-0.3, -0.25) is 9.69 Å². The van der Waals surface area contributed by atoms with E-state index < -0.39 is 0 Å². The first kappa shape index (κ1) is 19.4. The molecule has 0 aromatic heterocycles. The molecule has 2 rings (SSSR count). The minimum Gasteiger partial charge on any atom is -0.333 e. The van der Waals surface area contributed by atoms with Crippen LogP contribution >= 0.6 is 0 Å². The second kappa shape index (κ2) is 8.43. The van der Waals surface area contributed by atoms with Gasteiger partial charge in [-0.15, -0.1) is 0 Å². The van der Waals surface area contributed by atoms with E-state index in [4.69, 9.17) is 0 Å². The fraction of sp³-hybridized carbons (Fsp3) is 0.579. The van der Waals surface area contributed by atoms with Crippen LogP contribution in [0, 0.1) is 5.82 Å². The number of carbonyl (C=O) groups is 2. The molecule has 0 bridgehead atoms. The zero-order valence-corrected chi connectivity index (χ0v) is 15.3. The minimum absolute atomic E-state index is 0.0152. The number of urea groups is 1. The van der Waals surface area contributed by atoms with Crippen molar-refractivity contribution in [2.24, 2.45) is 0 Å². The number of benzene rings is 1. The number of hydrogen-bond acceptors (Lipinski definition) is 3. The third-order valence-corrected chi connectivity index (χ3v) is 4.19. The maximum absolute atomic E-state index is 12.9. The van der Waals surface area contributed by atoms with Crippen LogP contribution in [0.4, 0.5) is 9.18 Å². The summed E-state index contributed by atoms with van der Waals surface area (Å²) in [5.41, 5.74) is 0.333. The zero-order chi connectivity index (χ0) is 18.4. The standard InChI is InChI=1S/C19H28FN3O2/c1-19(2,3)21-18(25)23-13-11-22(12-14-23)10-4-5-17(24)15-6-8-16(20)9-7-15/h6-9H,4-5,10-14H2,1-3H3,(H,21,25). The van der Waals surface area contributed by atoms with Crippen molar-refractivity contribution in [3.8, 4) is 0 Å². The molecular weight excluding hydrogens is 321 g/mol. The van der Waals surface area contributed by atoms with Crippen molar-refractivity contribution >= 4 is 11.8 Å². The third-order valence-electron chi connectivity index (χ3n) is 4.19. The molecular formula is C19H28FN3O2. The molecule has 1 fully saturated rings. The predicted molar refractivity (Wildman–Crippen MR) is 96.3 cm³/mol. The van der Waals surface area contributed by atoms with Crippen LogP contribution in [0.25, 0.3) is 0 Å². The van der Waals surface area contributed by atoms with Crippen LogP contribution in [0.5, 0.6) is 0 Å². The number of amides is 2. The molecule has 1 aliphatic rings. The molecule has 1 heterocycles. The summed E-state index contributed by atoms with van der Waals surface area (Å²) in [4.78, 5) is 28.3.